The molecule has 122 valence electrons. The molecule has 0 saturated heterocycles. The summed E-state index contributed by atoms with van der Waals surface area (Å²) in [4.78, 5) is 31.8. The smallest absolute Gasteiger partial charge is 0.408 e. The molecule has 0 heterocycles. The molecular formula is C14H19ClN2O5. The number of halogens is 1. The van der Waals surface area contributed by atoms with E-state index >= 15 is 0 Å². The van der Waals surface area contributed by atoms with Gasteiger partial charge in [0.1, 0.15) is 12.6 Å². The van der Waals surface area contributed by atoms with Crippen LogP contribution < -0.4 is 11.1 Å². The first-order valence-electron chi connectivity index (χ1n) is 6.31. The second kappa shape index (κ2) is 11.5. The van der Waals surface area contributed by atoms with Crippen LogP contribution in [0, 0.1) is 0 Å². The number of hydrogen-bond donors (Lipinski definition) is 2. The summed E-state index contributed by atoms with van der Waals surface area (Å²) >= 11 is 4.64. The minimum atomic E-state index is -0.890. The quantitative estimate of drug-likeness (QED) is 0.620. The van der Waals surface area contributed by atoms with E-state index in [1.807, 2.05) is 30.3 Å². The van der Waals surface area contributed by atoms with Gasteiger partial charge in [-0.15, -0.1) is 0 Å². The molecule has 1 rings (SSSR count). The SMILES string of the molecule is CC(=O)Cl.COC(=O)C(CN)NC(=O)OCc1ccccc1. The van der Waals surface area contributed by atoms with E-state index in [0.29, 0.717) is 0 Å². The number of nitrogens with two attached hydrogens (primary N) is 1. The summed E-state index contributed by atoms with van der Waals surface area (Å²) in [5.41, 5.74) is 6.19. The Morgan fingerprint density at radius 2 is 1.82 bits per heavy atom. The van der Waals surface area contributed by atoms with Gasteiger partial charge in [-0.1, -0.05) is 30.3 Å². The second-order valence-corrected chi connectivity index (χ2v) is 4.52. The molecule has 8 heteroatoms. The van der Waals surface area contributed by atoms with E-state index in [9.17, 15) is 14.4 Å². The van der Waals surface area contributed by atoms with Crippen LogP contribution in [0.5, 0.6) is 0 Å². The van der Waals surface area contributed by atoms with Crippen LogP contribution in [0.3, 0.4) is 0 Å². The average molecular weight is 331 g/mol. The molecule has 1 aromatic carbocycles. The Morgan fingerprint density at radius 1 is 1.27 bits per heavy atom. The van der Waals surface area contributed by atoms with Gasteiger partial charge in [-0.05, 0) is 17.2 Å². The molecule has 0 aliphatic carbocycles. The van der Waals surface area contributed by atoms with E-state index in [0.717, 1.165) is 5.56 Å². The minimum absolute atomic E-state index is 0.0485. The summed E-state index contributed by atoms with van der Waals surface area (Å²) in [6.45, 7) is 1.37. The maximum atomic E-state index is 11.4. The molecule has 0 aliphatic heterocycles. The summed E-state index contributed by atoms with van der Waals surface area (Å²) in [6.07, 6.45) is -0.709. The van der Waals surface area contributed by atoms with Crippen LogP contribution in [-0.4, -0.2) is 37.0 Å². The minimum Gasteiger partial charge on any atom is -0.467 e. The molecular weight excluding hydrogens is 312 g/mol. The molecule has 0 aliphatic rings. The lowest BCUT2D eigenvalue weighted by atomic mass is 10.2. The molecule has 1 aromatic rings. The topological polar surface area (TPSA) is 108 Å². The molecule has 0 spiro atoms. The number of ether oxygens (including phenoxy) is 2. The van der Waals surface area contributed by atoms with Gasteiger partial charge < -0.3 is 20.5 Å². The number of amides is 1. The number of nitrogens with one attached hydrogen (secondary N) is 1. The highest BCUT2D eigenvalue weighted by Crippen LogP contribution is 2.00. The zero-order chi connectivity index (χ0) is 17.0. The summed E-state index contributed by atoms with van der Waals surface area (Å²) in [6, 6.07) is 8.31. The summed E-state index contributed by atoms with van der Waals surface area (Å²) < 4.78 is 9.42. The first-order chi connectivity index (χ1) is 10.4. The van der Waals surface area contributed by atoms with Gasteiger partial charge in [-0.25, -0.2) is 9.59 Å². The molecule has 0 radical (unpaired) electrons. The predicted molar refractivity (Wildman–Crippen MR) is 81.2 cm³/mol. The van der Waals surface area contributed by atoms with E-state index in [2.05, 4.69) is 21.7 Å². The lowest BCUT2D eigenvalue weighted by Gasteiger charge is -2.14. The van der Waals surface area contributed by atoms with Crippen molar-refractivity contribution in [1.82, 2.24) is 5.32 Å². The van der Waals surface area contributed by atoms with Crippen LogP contribution in [0.4, 0.5) is 4.79 Å². The van der Waals surface area contributed by atoms with Gasteiger partial charge >= 0.3 is 12.1 Å². The number of esters is 1. The monoisotopic (exact) mass is 330 g/mol. The Kier molecular flexibility index (Phi) is 10.4. The molecule has 0 aromatic heterocycles. The fourth-order valence-corrected chi connectivity index (χ4v) is 1.26. The summed E-state index contributed by atoms with van der Waals surface area (Å²) in [5, 5.41) is 1.97. The van der Waals surface area contributed by atoms with E-state index in [1.54, 1.807) is 0 Å². The zero-order valence-electron chi connectivity index (χ0n) is 12.4. The average Bonchev–Trinajstić information content (AvgIpc) is 2.50. The summed E-state index contributed by atoms with van der Waals surface area (Å²) in [7, 11) is 1.22. The van der Waals surface area contributed by atoms with Crippen LogP contribution in [0.1, 0.15) is 12.5 Å². The van der Waals surface area contributed by atoms with Gasteiger partial charge in [0, 0.05) is 13.5 Å². The van der Waals surface area contributed by atoms with Crippen molar-refractivity contribution < 1.29 is 23.9 Å². The van der Waals surface area contributed by atoms with Crippen LogP contribution in [0.15, 0.2) is 30.3 Å². The van der Waals surface area contributed by atoms with Crippen LogP contribution >= 0.6 is 11.6 Å². The number of carbonyl (C=O) groups excluding carboxylic acids is 3. The van der Waals surface area contributed by atoms with Gasteiger partial charge in [0.25, 0.3) is 0 Å². The highest BCUT2D eigenvalue weighted by Gasteiger charge is 2.20. The Hall–Kier alpha value is -2.12. The Labute approximate surface area is 133 Å². The van der Waals surface area contributed by atoms with Crippen molar-refractivity contribution in [3.8, 4) is 0 Å². The first-order valence-corrected chi connectivity index (χ1v) is 6.69. The van der Waals surface area contributed by atoms with Gasteiger partial charge in [0.2, 0.25) is 5.24 Å². The fourth-order valence-electron chi connectivity index (χ4n) is 1.26. The van der Waals surface area contributed by atoms with Crippen molar-refractivity contribution in [2.24, 2.45) is 5.73 Å². The van der Waals surface area contributed by atoms with E-state index in [-0.39, 0.29) is 18.4 Å². The Balaban J connectivity index is 0.000000980. The normalized spacial score (nSPS) is 10.5. The number of carbonyl (C=O) groups is 3. The standard InChI is InChI=1S/C12H16N2O4.C2H3ClO/c1-17-11(15)10(7-13)14-12(16)18-8-9-5-3-2-4-6-9;1-2(3)4/h2-6,10H,7-8,13H2,1H3,(H,14,16);1H3. The largest absolute Gasteiger partial charge is 0.467 e. The highest BCUT2D eigenvalue weighted by atomic mass is 35.5. The van der Waals surface area contributed by atoms with E-state index < -0.39 is 18.1 Å². The molecule has 0 bridgehead atoms. The predicted octanol–water partition coefficient (Wildman–Crippen LogP) is 1.18. The molecule has 0 saturated carbocycles. The number of hydrogen-bond acceptors (Lipinski definition) is 6. The van der Waals surface area contributed by atoms with Gasteiger partial charge in [-0.2, -0.15) is 0 Å². The Bertz CT molecular complexity index is 477. The zero-order valence-corrected chi connectivity index (χ0v) is 13.1. The third kappa shape index (κ3) is 9.73. The third-order valence-corrected chi connectivity index (χ3v) is 2.23. The van der Waals surface area contributed by atoms with Crippen molar-refractivity contribution >= 4 is 28.9 Å². The van der Waals surface area contributed by atoms with Crippen molar-refractivity contribution in [2.75, 3.05) is 13.7 Å². The lowest BCUT2D eigenvalue weighted by Crippen LogP contribution is -2.46. The molecule has 1 amide bonds. The van der Waals surface area contributed by atoms with Crippen LogP contribution in [-0.2, 0) is 25.7 Å². The molecule has 7 nitrogen and oxygen atoms in total. The van der Waals surface area contributed by atoms with Crippen molar-refractivity contribution in [2.45, 2.75) is 19.6 Å². The van der Waals surface area contributed by atoms with Gasteiger partial charge in [0.15, 0.2) is 0 Å². The maximum Gasteiger partial charge on any atom is 0.408 e. The lowest BCUT2D eigenvalue weighted by molar-refractivity contribution is -0.142. The summed E-state index contributed by atoms with van der Waals surface area (Å²) in [5.74, 6) is -0.603. The third-order valence-electron chi connectivity index (χ3n) is 2.23. The number of alkyl carbamates (subject to hydrolysis) is 1. The molecule has 3 N–H and O–H groups in total. The van der Waals surface area contributed by atoms with Crippen LogP contribution in [0.25, 0.3) is 0 Å². The molecule has 22 heavy (non-hydrogen) atoms. The molecule has 0 fully saturated rings. The number of methoxy groups -OCH3 is 1. The maximum absolute atomic E-state index is 11.4. The van der Waals surface area contributed by atoms with Crippen molar-refractivity contribution in [3.63, 3.8) is 0 Å². The van der Waals surface area contributed by atoms with Gasteiger partial charge in [0.05, 0.1) is 7.11 Å². The number of rotatable bonds is 5. The number of benzene rings is 1. The molecule has 1 unspecified atom stereocenters. The highest BCUT2D eigenvalue weighted by molar-refractivity contribution is 6.62. The Morgan fingerprint density at radius 3 is 2.27 bits per heavy atom. The second-order valence-electron chi connectivity index (χ2n) is 3.99. The van der Waals surface area contributed by atoms with Gasteiger partial charge in [-0.3, -0.25) is 4.79 Å². The molecule has 1 atom stereocenters. The van der Waals surface area contributed by atoms with Crippen molar-refractivity contribution in [3.05, 3.63) is 35.9 Å². The van der Waals surface area contributed by atoms with E-state index in [4.69, 9.17) is 10.5 Å². The van der Waals surface area contributed by atoms with E-state index in [1.165, 1.54) is 14.0 Å². The fraction of sp³-hybridized carbons (Fsp3) is 0.357. The van der Waals surface area contributed by atoms with Crippen molar-refractivity contribution in [1.29, 1.82) is 0 Å². The first kappa shape index (κ1) is 19.9. The van der Waals surface area contributed by atoms with Crippen LogP contribution in [0.2, 0.25) is 0 Å².